The van der Waals surface area contributed by atoms with E-state index in [2.05, 4.69) is 41.4 Å². The summed E-state index contributed by atoms with van der Waals surface area (Å²) >= 11 is 0. The van der Waals surface area contributed by atoms with Crippen molar-refractivity contribution < 1.29 is 4.79 Å². The smallest absolute Gasteiger partial charge is 0.240 e. The number of carbonyl (C=O) groups excluding carboxylic acids is 1. The average Bonchev–Trinajstić information content (AvgIpc) is 2.63. The van der Waals surface area contributed by atoms with Crippen LogP contribution in [0.25, 0.3) is 0 Å². The van der Waals surface area contributed by atoms with E-state index in [9.17, 15) is 4.79 Å². The summed E-state index contributed by atoms with van der Waals surface area (Å²) in [5, 5.41) is 3.11. The molecule has 0 unspecified atom stereocenters. The van der Waals surface area contributed by atoms with Crippen LogP contribution in [0.4, 0.5) is 0 Å². The van der Waals surface area contributed by atoms with Crippen molar-refractivity contribution in [2.24, 2.45) is 11.7 Å². The normalized spacial score (nSPS) is 21.8. The number of hydrogen-bond acceptors (Lipinski definition) is 3. The van der Waals surface area contributed by atoms with Gasteiger partial charge < -0.3 is 11.1 Å². The van der Waals surface area contributed by atoms with Gasteiger partial charge in [-0.15, -0.1) is 0 Å². The Morgan fingerprint density at radius 3 is 2.48 bits per heavy atom. The van der Waals surface area contributed by atoms with Crippen LogP contribution in [0.3, 0.4) is 0 Å². The predicted octanol–water partition coefficient (Wildman–Crippen LogP) is 3.20. The maximum Gasteiger partial charge on any atom is 0.240 e. The van der Waals surface area contributed by atoms with Gasteiger partial charge in [0, 0.05) is 13.1 Å². The molecular weight excluding hydrogens is 310 g/mol. The molecule has 25 heavy (non-hydrogen) atoms. The van der Waals surface area contributed by atoms with E-state index in [0.717, 1.165) is 38.1 Å². The molecule has 1 aromatic carbocycles. The first-order chi connectivity index (χ1) is 12.1. The van der Waals surface area contributed by atoms with Gasteiger partial charge in [-0.3, -0.25) is 9.69 Å². The maximum atomic E-state index is 12.6. The van der Waals surface area contributed by atoms with Crippen molar-refractivity contribution >= 4 is 5.91 Å². The fourth-order valence-electron chi connectivity index (χ4n) is 4.11. The zero-order valence-electron chi connectivity index (χ0n) is 15.6. The summed E-state index contributed by atoms with van der Waals surface area (Å²) in [6.45, 7) is 6.25. The SMILES string of the molecule is CC1CCN(Cc2ccccc2CNC(=O)C2(N)CCCCC2)CC1. The minimum absolute atomic E-state index is 0.0220. The topological polar surface area (TPSA) is 58.4 Å². The van der Waals surface area contributed by atoms with Crippen molar-refractivity contribution in [1.29, 1.82) is 0 Å². The molecule has 4 heteroatoms. The minimum atomic E-state index is -0.657. The number of likely N-dealkylation sites (tertiary alicyclic amines) is 1. The summed E-state index contributed by atoms with van der Waals surface area (Å²) < 4.78 is 0. The van der Waals surface area contributed by atoms with Gasteiger partial charge in [0.15, 0.2) is 0 Å². The van der Waals surface area contributed by atoms with E-state index in [1.54, 1.807) is 0 Å². The number of benzene rings is 1. The molecule has 3 N–H and O–H groups in total. The molecule has 2 aliphatic rings. The molecule has 1 saturated heterocycles. The molecule has 0 spiro atoms. The van der Waals surface area contributed by atoms with Crippen LogP contribution in [0, 0.1) is 5.92 Å². The van der Waals surface area contributed by atoms with Crippen molar-refractivity contribution in [2.45, 2.75) is 70.5 Å². The van der Waals surface area contributed by atoms with E-state index in [1.165, 1.54) is 43.5 Å². The Kier molecular flexibility index (Phi) is 6.13. The first-order valence-corrected chi connectivity index (χ1v) is 9.93. The molecule has 1 heterocycles. The second-order valence-electron chi connectivity index (χ2n) is 8.13. The molecule has 0 bridgehead atoms. The molecule has 0 aromatic heterocycles. The maximum absolute atomic E-state index is 12.6. The van der Waals surface area contributed by atoms with Crippen molar-refractivity contribution in [3.8, 4) is 0 Å². The fraction of sp³-hybridized carbons (Fsp3) is 0.667. The molecule has 3 rings (SSSR count). The molecule has 1 amide bonds. The average molecular weight is 344 g/mol. The Hall–Kier alpha value is -1.39. The molecule has 4 nitrogen and oxygen atoms in total. The molecule has 0 radical (unpaired) electrons. The van der Waals surface area contributed by atoms with E-state index < -0.39 is 5.54 Å². The van der Waals surface area contributed by atoms with Gasteiger partial charge in [-0.05, 0) is 55.8 Å². The van der Waals surface area contributed by atoms with Crippen LogP contribution in [0.15, 0.2) is 24.3 Å². The van der Waals surface area contributed by atoms with Gasteiger partial charge in [-0.1, -0.05) is 50.5 Å². The molecule has 1 aliphatic carbocycles. The van der Waals surface area contributed by atoms with Gasteiger partial charge in [0.2, 0.25) is 5.91 Å². The highest BCUT2D eigenvalue weighted by Gasteiger charge is 2.35. The number of rotatable bonds is 5. The Bertz CT molecular complexity index is 572. The second-order valence-corrected chi connectivity index (χ2v) is 8.13. The second kappa shape index (κ2) is 8.33. The lowest BCUT2D eigenvalue weighted by molar-refractivity contribution is -0.127. The van der Waals surface area contributed by atoms with Crippen LogP contribution in [-0.2, 0) is 17.9 Å². The summed E-state index contributed by atoms with van der Waals surface area (Å²) in [7, 11) is 0. The minimum Gasteiger partial charge on any atom is -0.350 e. The lowest BCUT2D eigenvalue weighted by atomic mass is 9.82. The molecule has 138 valence electrons. The molecule has 0 atom stereocenters. The Balaban J connectivity index is 1.58. The van der Waals surface area contributed by atoms with Gasteiger partial charge in [0.25, 0.3) is 0 Å². The number of hydrogen-bond donors (Lipinski definition) is 2. The highest BCUT2D eigenvalue weighted by Crippen LogP contribution is 2.26. The van der Waals surface area contributed by atoms with Crippen molar-refractivity contribution in [3.63, 3.8) is 0 Å². The van der Waals surface area contributed by atoms with E-state index >= 15 is 0 Å². The van der Waals surface area contributed by atoms with E-state index in [1.807, 2.05) is 0 Å². The van der Waals surface area contributed by atoms with E-state index in [-0.39, 0.29) is 5.91 Å². The number of nitrogens with zero attached hydrogens (tertiary/aromatic N) is 1. The standard InChI is InChI=1S/C21H33N3O/c1-17-9-13-24(14-10-17)16-19-8-4-3-7-18(19)15-23-20(25)21(22)11-5-2-6-12-21/h3-4,7-8,17H,2,5-6,9-16,22H2,1H3,(H,23,25). The number of nitrogens with two attached hydrogens (primary N) is 1. The summed E-state index contributed by atoms with van der Waals surface area (Å²) in [6, 6.07) is 8.48. The van der Waals surface area contributed by atoms with Crippen LogP contribution < -0.4 is 11.1 Å². The third kappa shape index (κ3) is 4.83. The van der Waals surface area contributed by atoms with E-state index in [0.29, 0.717) is 6.54 Å². The van der Waals surface area contributed by atoms with Gasteiger partial charge in [0.05, 0.1) is 5.54 Å². The van der Waals surface area contributed by atoms with Crippen LogP contribution in [0.5, 0.6) is 0 Å². The largest absolute Gasteiger partial charge is 0.350 e. The van der Waals surface area contributed by atoms with Crippen LogP contribution in [0.1, 0.15) is 63.0 Å². The quantitative estimate of drug-likeness (QED) is 0.863. The summed E-state index contributed by atoms with van der Waals surface area (Å²) in [5.41, 5.74) is 8.23. The molecule has 1 saturated carbocycles. The molecule has 2 fully saturated rings. The highest BCUT2D eigenvalue weighted by molar-refractivity contribution is 5.86. The zero-order chi connectivity index (χ0) is 17.7. The predicted molar refractivity (Wildman–Crippen MR) is 102 cm³/mol. The monoisotopic (exact) mass is 343 g/mol. The zero-order valence-corrected chi connectivity index (χ0v) is 15.6. The highest BCUT2D eigenvalue weighted by atomic mass is 16.2. The van der Waals surface area contributed by atoms with Crippen LogP contribution >= 0.6 is 0 Å². The third-order valence-corrected chi connectivity index (χ3v) is 6.03. The van der Waals surface area contributed by atoms with Gasteiger partial charge in [0.1, 0.15) is 0 Å². The number of piperidine rings is 1. The van der Waals surface area contributed by atoms with Crippen molar-refractivity contribution in [1.82, 2.24) is 10.2 Å². The van der Waals surface area contributed by atoms with Gasteiger partial charge in [-0.25, -0.2) is 0 Å². The van der Waals surface area contributed by atoms with Gasteiger partial charge in [-0.2, -0.15) is 0 Å². The summed E-state index contributed by atoms with van der Waals surface area (Å²) in [5.74, 6) is 0.871. The Morgan fingerprint density at radius 1 is 1.16 bits per heavy atom. The number of carbonyl (C=O) groups is 1. The summed E-state index contributed by atoms with van der Waals surface area (Å²) in [4.78, 5) is 15.1. The Labute approximate surface area is 152 Å². The summed E-state index contributed by atoms with van der Waals surface area (Å²) in [6.07, 6.45) is 7.52. The number of nitrogens with one attached hydrogen (secondary N) is 1. The van der Waals surface area contributed by atoms with E-state index in [4.69, 9.17) is 5.73 Å². The van der Waals surface area contributed by atoms with Crippen molar-refractivity contribution in [2.75, 3.05) is 13.1 Å². The lowest BCUT2D eigenvalue weighted by Crippen LogP contribution is -2.54. The first kappa shape index (κ1) is 18.4. The van der Waals surface area contributed by atoms with Crippen molar-refractivity contribution in [3.05, 3.63) is 35.4 Å². The molecular formula is C21H33N3O. The number of amides is 1. The van der Waals surface area contributed by atoms with Crippen LogP contribution in [-0.4, -0.2) is 29.4 Å². The van der Waals surface area contributed by atoms with Gasteiger partial charge >= 0.3 is 0 Å². The van der Waals surface area contributed by atoms with Crippen LogP contribution in [0.2, 0.25) is 0 Å². The lowest BCUT2D eigenvalue weighted by Gasteiger charge is -2.32. The molecule has 1 aliphatic heterocycles. The Morgan fingerprint density at radius 2 is 1.80 bits per heavy atom. The fourth-order valence-corrected chi connectivity index (χ4v) is 4.11. The third-order valence-electron chi connectivity index (χ3n) is 6.03. The molecule has 1 aromatic rings. The first-order valence-electron chi connectivity index (χ1n) is 9.93.